The Bertz CT molecular complexity index is 697. The van der Waals surface area contributed by atoms with Crippen LogP contribution in [-0.4, -0.2) is 23.8 Å². The maximum Gasteiger partial charge on any atom is 0.271 e. The van der Waals surface area contributed by atoms with Gasteiger partial charge in [-0.3, -0.25) is 4.79 Å². The molecule has 0 aliphatic heterocycles. The first-order chi connectivity index (χ1) is 10.0. The number of ether oxygens (including phenoxy) is 1. The van der Waals surface area contributed by atoms with Crippen LogP contribution in [0, 0.1) is 0 Å². The molecule has 21 heavy (non-hydrogen) atoms. The van der Waals surface area contributed by atoms with Gasteiger partial charge in [0.15, 0.2) is 11.5 Å². The molecule has 1 heterocycles. The molecule has 0 radical (unpaired) electrons. The van der Waals surface area contributed by atoms with E-state index in [0.29, 0.717) is 15.6 Å². The van der Waals surface area contributed by atoms with E-state index in [1.165, 1.54) is 36.6 Å². The number of benzene rings is 1. The quantitative estimate of drug-likeness (QED) is 0.669. The molecule has 110 valence electrons. The monoisotopic (exact) mass is 324 g/mol. The van der Waals surface area contributed by atoms with Crippen molar-refractivity contribution < 1.29 is 14.6 Å². The highest BCUT2D eigenvalue weighted by molar-refractivity contribution is 7.18. The number of phenols is 1. The van der Waals surface area contributed by atoms with Gasteiger partial charge in [0.2, 0.25) is 0 Å². The molecule has 0 saturated heterocycles. The second-order valence-corrected chi connectivity index (χ2v) is 5.84. The summed E-state index contributed by atoms with van der Waals surface area (Å²) in [5, 5.41) is 13.5. The minimum atomic E-state index is -0.393. The normalized spacial score (nSPS) is 11.3. The number of aromatic hydroxyl groups is 1. The van der Waals surface area contributed by atoms with Gasteiger partial charge in [-0.15, -0.1) is 11.3 Å². The van der Waals surface area contributed by atoms with Crippen LogP contribution in [0.4, 0.5) is 0 Å². The van der Waals surface area contributed by atoms with Gasteiger partial charge in [0, 0.05) is 5.56 Å². The average molecular weight is 325 g/mol. The van der Waals surface area contributed by atoms with Crippen molar-refractivity contribution in [1.82, 2.24) is 5.43 Å². The number of rotatable bonds is 4. The van der Waals surface area contributed by atoms with E-state index in [2.05, 4.69) is 10.5 Å². The van der Waals surface area contributed by atoms with Crippen LogP contribution in [-0.2, 0) is 0 Å². The summed E-state index contributed by atoms with van der Waals surface area (Å²) in [5.41, 5.74) is 3.45. The van der Waals surface area contributed by atoms with Crippen LogP contribution in [0.2, 0.25) is 4.34 Å². The number of halogens is 1. The van der Waals surface area contributed by atoms with Gasteiger partial charge in [0.05, 0.1) is 22.0 Å². The van der Waals surface area contributed by atoms with Gasteiger partial charge in [-0.25, -0.2) is 5.43 Å². The van der Waals surface area contributed by atoms with Gasteiger partial charge in [-0.2, -0.15) is 5.10 Å². The Morgan fingerprint density at radius 2 is 2.14 bits per heavy atom. The fourth-order valence-corrected chi connectivity index (χ4v) is 2.57. The van der Waals surface area contributed by atoms with Crippen LogP contribution in [0.15, 0.2) is 35.4 Å². The highest BCUT2D eigenvalue weighted by Crippen LogP contribution is 2.26. The Labute approximate surface area is 130 Å². The minimum absolute atomic E-state index is 0.0260. The van der Waals surface area contributed by atoms with Crippen molar-refractivity contribution in [3.8, 4) is 11.5 Å². The molecule has 1 amide bonds. The summed E-state index contributed by atoms with van der Waals surface area (Å²) in [6.45, 7) is 1.78. The average Bonchev–Trinajstić information content (AvgIpc) is 2.91. The van der Waals surface area contributed by atoms with Crippen LogP contribution in [0.3, 0.4) is 0 Å². The van der Waals surface area contributed by atoms with Crippen LogP contribution >= 0.6 is 22.9 Å². The fraction of sp³-hybridized carbons (Fsp3) is 0.143. The molecular weight excluding hydrogens is 312 g/mol. The third-order valence-electron chi connectivity index (χ3n) is 2.70. The maximum absolute atomic E-state index is 12.0. The zero-order valence-electron chi connectivity index (χ0n) is 11.4. The lowest BCUT2D eigenvalue weighted by molar-refractivity contribution is 0.0954. The van der Waals surface area contributed by atoms with Gasteiger partial charge in [0.25, 0.3) is 5.91 Å². The predicted octanol–water partition coefficient (Wildman–Crippen LogP) is 3.27. The van der Waals surface area contributed by atoms with E-state index in [9.17, 15) is 9.90 Å². The van der Waals surface area contributed by atoms with Crippen molar-refractivity contribution in [1.29, 1.82) is 0 Å². The van der Waals surface area contributed by atoms with Crippen molar-refractivity contribution in [2.24, 2.45) is 5.10 Å². The molecule has 2 aromatic rings. The lowest BCUT2D eigenvalue weighted by Crippen LogP contribution is -2.19. The number of hydrogen-bond donors (Lipinski definition) is 2. The molecular formula is C14H13ClN2O3S. The number of phenolic OH excluding ortho intramolecular Hbond substituents is 1. The molecule has 2 rings (SSSR count). The van der Waals surface area contributed by atoms with Gasteiger partial charge in [0.1, 0.15) is 0 Å². The molecule has 0 unspecified atom stereocenters. The number of carbonyl (C=O) groups excluding carboxylic acids is 1. The first-order valence-corrected chi connectivity index (χ1v) is 7.18. The van der Waals surface area contributed by atoms with Crippen molar-refractivity contribution in [2.75, 3.05) is 7.11 Å². The molecule has 0 aliphatic carbocycles. The first kappa shape index (κ1) is 15.3. The zero-order valence-corrected chi connectivity index (χ0v) is 13.0. The van der Waals surface area contributed by atoms with E-state index >= 15 is 0 Å². The van der Waals surface area contributed by atoms with E-state index in [0.717, 1.165) is 4.88 Å². The number of hydrogen-bond acceptors (Lipinski definition) is 5. The highest BCUT2D eigenvalue weighted by Gasteiger charge is 2.09. The van der Waals surface area contributed by atoms with Gasteiger partial charge < -0.3 is 9.84 Å². The summed E-state index contributed by atoms with van der Waals surface area (Å²) < 4.78 is 5.62. The van der Waals surface area contributed by atoms with Crippen molar-refractivity contribution in [3.05, 3.63) is 45.1 Å². The topological polar surface area (TPSA) is 70.9 Å². The molecule has 1 aromatic carbocycles. The molecule has 1 aromatic heterocycles. The molecule has 0 fully saturated rings. The number of nitrogens with zero attached hydrogens (tertiary/aromatic N) is 1. The zero-order chi connectivity index (χ0) is 15.4. The second-order valence-electron chi connectivity index (χ2n) is 4.13. The SMILES string of the molecule is COc1cc(C(=O)NN=C(C)c2ccc(Cl)s2)ccc1O. The Balaban J connectivity index is 2.11. The summed E-state index contributed by atoms with van der Waals surface area (Å²) in [6, 6.07) is 7.93. The van der Waals surface area contributed by atoms with E-state index in [4.69, 9.17) is 16.3 Å². The molecule has 0 atom stereocenters. The smallest absolute Gasteiger partial charge is 0.271 e. The second kappa shape index (κ2) is 6.60. The summed E-state index contributed by atoms with van der Waals surface area (Å²) in [6.07, 6.45) is 0. The predicted molar refractivity (Wildman–Crippen MR) is 83.7 cm³/mol. The molecule has 0 aliphatic rings. The van der Waals surface area contributed by atoms with Crippen LogP contribution < -0.4 is 10.2 Å². The number of hydrazone groups is 1. The van der Waals surface area contributed by atoms with E-state index in [-0.39, 0.29) is 11.5 Å². The lowest BCUT2D eigenvalue weighted by atomic mass is 10.2. The Kier molecular flexibility index (Phi) is 4.82. The standard InChI is InChI=1S/C14H13ClN2O3S/c1-8(12-5-6-13(15)21-12)16-17-14(19)9-3-4-10(18)11(7-9)20-2/h3-7,18H,1-2H3,(H,17,19). The molecule has 0 spiro atoms. The van der Waals surface area contributed by atoms with E-state index < -0.39 is 5.91 Å². The Morgan fingerprint density at radius 3 is 2.76 bits per heavy atom. The third-order valence-corrected chi connectivity index (χ3v) is 4.04. The van der Waals surface area contributed by atoms with Crippen molar-refractivity contribution >= 4 is 34.6 Å². The molecule has 0 bridgehead atoms. The molecule has 7 heteroatoms. The number of nitrogens with one attached hydrogen (secondary N) is 1. The van der Waals surface area contributed by atoms with E-state index in [1.807, 2.05) is 6.07 Å². The van der Waals surface area contributed by atoms with Crippen LogP contribution in [0.5, 0.6) is 11.5 Å². The third kappa shape index (κ3) is 3.74. The lowest BCUT2D eigenvalue weighted by Gasteiger charge is -2.06. The molecule has 5 nitrogen and oxygen atoms in total. The van der Waals surface area contributed by atoms with Crippen LogP contribution in [0.1, 0.15) is 22.2 Å². The Morgan fingerprint density at radius 1 is 1.38 bits per heavy atom. The van der Waals surface area contributed by atoms with Crippen LogP contribution in [0.25, 0.3) is 0 Å². The van der Waals surface area contributed by atoms with Crippen molar-refractivity contribution in [3.63, 3.8) is 0 Å². The summed E-state index contributed by atoms with van der Waals surface area (Å²) >= 11 is 7.23. The minimum Gasteiger partial charge on any atom is -0.504 e. The summed E-state index contributed by atoms with van der Waals surface area (Å²) in [4.78, 5) is 12.9. The fourth-order valence-electron chi connectivity index (χ4n) is 1.58. The first-order valence-electron chi connectivity index (χ1n) is 5.98. The highest BCUT2D eigenvalue weighted by atomic mass is 35.5. The number of thiophene rings is 1. The molecule has 2 N–H and O–H groups in total. The number of methoxy groups -OCH3 is 1. The summed E-state index contributed by atoms with van der Waals surface area (Å²) in [7, 11) is 1.42. The van der Waals surface area contributed by atoms with Gasteiger partial charge >= 0.3 is 0 Å². The van der Waals surface area contributed by atoms with E-state index in [1.54, 1.807) is 13.0 Å². The Hall–Kier alpha value is -2.05. The molecule has 0 saturated carbocycles. The number of amides is 1. The maximum atomic E-state index is 12.0. The largest absolute Gasteiger partial charge is 0.504 e. The number of carbonyl (C=O) groups is 1. The summed E-state index contributed by atoms with van der Waals surface area (Å²) in [5.74, 6) is -0.189. The van der Waals surface area contributed by atoms with Crippen molar-refractivity contribution in [2.45, 2.75) is 6.92 Å². The van der Waals surface area contributed by atoms with Gasteiger partial charge in [-0.05, 0) is 37.3 Å². The van der Waals surface area contributed by atoms with Gasteiger partial charge in [-0.1, -0.05) is 11.6 Å².